The fraction of sp³-hybridized carbons (Fsp3) is 0.0800. The summed E-state index contributed by atoms with van der Waals surface area (Å²) in [6, 6.07) is 29.6. The molecule has 6 heteroatoms. The number of anilines is 2. The van der Waals surface area contributed by atoms with Gasteiger partial charge in [0, 0.05) is 11.3 Å². The molecule has 0 aliphatic carbocycles. The quantitative estimate of drug-likeness (QED) is 0.465. The van der Waals surface area contributed by atoms with E-state index < -0.39 is 10.0 Å². The molecule has 0 heterocycles. The molecule has 0 spiro atoms. The van der Waals surface area contributed by atoms with Crippen LogP contribution in [0.5, 0.6) is 0 Å². The van der Waals surface area contributed by atoms with E-state index in [-0.39, 0.29) is 12.5 Å². The van der Waals surface area contributed by atoms with E-state index in [1.807, 2.05) is 72.8 Å². The number of amides is 1. The van der Waals surface area contributed by atoms with Crippen molar-refractivity contribution in [2.45, 2.75) is 6.54 Å². The molecule has 0 radical (unpaired) electrons. The van der Waals surface area contributed by atoms with Gasteiger partial charge < -0.3 is 5.32 Å². The van der Waals surface area contributed by atoms with Crippen LogP contribution in [0.4, 0.5) is 11.4 Å². The van der Waals surface area contributed by atoms with E-state index in [9.17, 15) is 13.2 Å². The van der Waals surface area contributed by atoms with E-state index in [0.29, 0.717) is 16.9 Å². The Morgan fingerprint density at radius 3 is 2.13 bits per heavy atom. The average molecular weight is 431 g/mol. The Balaban J connectivity index is 1.53. The van der Waals surface area contributed by atoms with Crippen LogP contribution in [0, 0.1) is 0 Å². The Bertz CT molecular complexity index is 1320. The summed E-state index contributed by atoms with van der Waals surface area (Å²) in [7, 11) is -3.49. The molecule has 0 atom stereocenters. The minimum Gasteiger partial charge on any atom is -0.322 e. The molecular formula is C25H22N2O3S. The number of benzene rings is 4. The van der Waals surface area contributed by atoms with Crippen molar-refractivity contribution in [3.8, 4) is 0 Å². The molecule has 5 nitrogen and oxygen atoms in total. The van der Waals surface area contributed by atoms with Crippen LogP contribution < -0.4 is 9.62 Å². The highest BCUT2D eigenvalue weighted by atomic mass is 32.2. The molecular weight excluding hydrogens is 408 g/mol. The zero-order chi connectivity index (χ0) is 21.8. The molecule has 0 bridgehead atoms. The van der Waals surface area contributed by atoms with Crippen LogP contribution >= 0.6 is 0 Å². The highest BCUT2D eigenvalue weighted by Gasteiger charge is 2.18. The summed E-state index contributed by atoms with van der Waals surface area (Å²) in [5.74, 6) is -0.254. The first-order valence-electron chi connectivity index (χ1n) is 9.82. The number of hydrogen-bond acceptors (Lipinski definition) is 3. The van der Waals surface area contributed by atoms with Crippen LogP contribution in [0.3, 0.4) is 0 Å². The minimum atomic E-state index is -3.49. The molecule has 0 saturated heterocycles. The second-order valence-corrected chi connectivity index (χ2v) is 9.22. The highest BCUT2D eigenvalue weighted by molar-refractivity contribution is 7.92. The summed E-state index contributed by atoms with van der Waals surface area (Å²) < 4.78 is 26.0. The van der Waals surface area contributed by atoms with E-state index in [1.54, 1.807) is 24.3 Å². The van der Waals surface area contributed by atoms with Crippen molar-refractivity contribution in [3.05, 3.63) is 108 Å². The molecule has 0 fully saturated rings. The first-order chi connectivity index (χ1) is 14.9. The van der Waals surface area contributed by atoms with Crippen molar-refractivity contribution in [2.24, 2.45) is 0 Å². The van der Waals surface area contributed by atoms with Crippen LogP contribution in [0.1, 0.15) is 15.9 Å². The number of nitrogens with zero attached hydrogens (tertiary/aromatic N) is 1. The van der Waals surface area contributed by atoms with Gasteiger partial charge in [0.15, 0.2) is 0 Å². The van der Waals surface area contributed by atoms with Gasteiger partial charge in [0.1, 0.15) is 0 Å². The van der Waals surface area contributed by atoms with Crippen molar-refractivity contribution < 1.29 is 13.2 Å². The number of nitrogens with one attached hydrogen (secondary N) is 1. The summed E-state index contributed by atoms with van der Waals surface area (Å²) >= 11 is 0. The van der Waals surface area contributed by atoms with Gasteiger partial charge in [-0.05, 0) is 52.7 Å². The zero-order valence-corrected chi connectivity index (χ0v) is 17.8. The Labute approximate surface area is 182 Å². The maximum Gasteiger partial charge on any atom is 0.255 e. The van der Waals surface area contributed by atoms with Gasteiger partial charge in [0.25, 0.3) is 5.91 Å². The molecule has 4 aromatic rings. The fourth-order valence-corrected chi connectivity index (χ4v) is 4.29. The molecule has 0 aromatic heterocycles. The number of hydrogen-bond donors (Lipinski definition) is 1. The third-order valence-corrected chi connectivity index (χ3v) is 6.13. The van der Waals surface area contributed by atoms with E-state index in [4.69, 9.17) is 0 Å². The molecule has 1 amide bonds. The number of rotatable bonds is 6. The summed E-state index contributed by atoms with van der Waals surface area (Å²) in [6.07, 6.45) is 1.18. The van der Waals surface area contributed by atoms with Crippen LogP contribution in [-0.4, -0.2) is 20.6 Å². The molecule has 4 rings (SSSR count). The molecule has 31 heavy (non-hydrogen) atoms. The third-order valence-electron chi connectivity index (χ3n) is 4.99. The van der Waals surface area contributed by atoms with E-state index in [0.717, 1.165) is 16.3 Å². The summed E-state index contributed by atoms with van der Waals surface area (Å²) in [5.41, 5.74) is 2.54. The van der Waals surface area contributed by atoms with Crippen molar-refractivity contribution in [3.63, 3.8) is 0 Å². The molecule has 156 valence electrons. The molecule has 1 N–H and O–H groups in total. The average Bonchev–Trinajstić information content (AvgIpc) is 2.77. The standard InChI is InChI=1S/C25H22N2O3S/c1-31(29,30)27(18-19-7-3-2-4-8-19)24-15-12-21(13-16-24)25(28)26-23-14-11-20-9-5-6-10-22(20)17-23/h2-17H,18H2,1H3,(H,26,28). The lowest BCUT2D eigenvalue weighted by Crippen LogP contribution is -2.29. The Kier molecular flexibility index (Phi) is 5.73. The highest BCUT2D eigenvalue weighted by Crippen LogP contribution is 2.23. The maximum atomic E-state index is 12.7. The lowest BCUT2D eigenvalue weighted by Gasteiger charge is -2.22. The van der Waals surface area contributed by atoms with Crippen LogP contribution in [-0.2, 0) is 16.6 Å². The fourth-order valence-electron chi connectivity index (χ4n) is 3.40. The van der Waals surface area contributed by atoms with Gasteiger partial charge in [-0.25, -0.2) is 8.42 Å². The van der Waals surface area contributed by atoms with Crippen molar-refractivity contribution in [1.29, 1.82) is 0 Å². The number of carbonyl (C=O) groups is 1. The Morgan fingerprint density at radius 1 is 0.806 bits per heavy atom. The lowest BCUT2D eigenvalue weighted by atomic mass is 10.1. The normalized spacial score (nSPS) is 11.3. The van der Waals surface area contributed by atoms with Gasteiger partial charge in [-0.15, -0.1) is 0 Å². The van der Waals surface area contributed by atoms with Gasteiger partial charge in [-0.2, -0.15) is 0 Å². The van der Waals surface area contributed by atoms with Crippen LogP contribution in [0.15, 0.2) is 97.1 Å². The van der Waals surface area contributed by atoms with Gasteiger partial charge in [-0.1, -0.05) is 60.7 Å². The zero-order valence-electron chi connectivity index (χ0n) is 17.0. The van der Waals surface area contributed by atoms with Gasteiger partial charge in [0.2, 0.25) is 10.0 Å². The largest absolute Gasteiger partial charge is 0.322 e. The first kappa shape index (κ1) is 20.6. The van der Waals surface area contributed by atoms with Crippen molar-refractivity contribution in [2.75, 3.05) is 15.9 Å². The van der Waals surface area contributed by atoms with Crippen LogP contribution in [0.2, 0.25) is 0 Å². The Hall–Kier alpha value is -3.64. The molecule has 4 aromatic carbocycles. The monoisotopic (exact) mass is 430 g/mol. The van der Waals surface area contributed by atoms with E-state index in [2.05, 4.69) is 5.32 Å². The smallest absolute Gasteiger partial charge is 0.255 e. The second-order valence-electron chi connectivity index (χ2n) is 7.32. The first-order valence-corrected chi connectivity index (χ1v) is 11.7. The minimum absolute atomic E-state index is 0.225. The topological polar surface area (TPSA) is 66.5 Å². The Morgan fingerprint density at radius 2 is 1.45 bits per heavy atom. The third kappa shape index (κ3) is 4.92. The van der Waals surface area contributed by atoms with Crippen molar-refractivity contribution >= 4 is 38.1 Å². The second kappa shape index (κ2) is 8.62. The molecule has 0 aliphatic heterocycles. The lowest BCUT2D eigenvalue weighted by molar-refractivity contribution is 0.102. The van der Waals surface area contributed by atoms with E-state index >= 15 is 0 Å². The summed E-state index contributed by atoms with van der Waals surface area (Å²) in [5, 5.41) is 5.04. The SMILES string of the molecule is CS(=O)(=O)N(Cc1ccccc1)c1ccc(C(=O)Nc2ccc3ccccc3c2)cc1. The van der Waals surface area contributed by atoms with Crippen LogP contribution in [0.25, 0.3) is 10.8 Å². The predicted molar refractivity (Wildman–Crippen MR) is 126 cm³/mol. The summed E-state index contributed by atoms with van der Waals surface area (Å²) in [6.45, 7) is 0.225. The number of carbonyl (C=O) groups excluding carboxylic acids is 1. The molecule has 0 saturated carbocycles. The van der Waals surface area contributed by atoms with Gasteiger partial charge in [0.05, 0.1) is 18.5 Å². The van der Waals surface area contributed by atoms with E-state index in [1.165, 1.54) is 10.6 Å². The molecule has 0 unspecified atom stereocenters. The number of sulfonamides is 1. The maximum absolute atomic E-state index is 12.7. The molecule has 0 aliphatic rings. The number of fused-ring (bicyclic) bond motifs is 1. The van der Waals surface area contributed by atoms with Gasteiger partial charge >= 0.3 is 0 Å². The summed E-state index contributed by atoms with van der Waals surface area (Å²) in [4.78, 5) is 12.7. The van der Waals surface area contributed by atoms with Gasteiger partial charge in [-0.3, -0.25) is 9.10 Å². The predicted octanol–water partition coefficient (Wildman–Crippen LogP) is 5.06. The van der Waals surface area contributed by atoms with Crippen molar-refractivity contribution in [1.82, 2.24) is 0 Å².